The average molecular weight is 429 g/mol. The van der Waals surface area contributed by atoms with E-state index >= 15 is 0 Å². The number of hydrogen-bond donors (Lipinski definition) is 3. The number of amides is 3. The van der Waals surface area contributed by atoms with E-state index in [1.165, 1.54) is 12.1 Å². The van der Waals surface area contributed by atoms with Crippen LogP contribution in [-0.2, 0) is 20.8 Å². The van der Waals surface area contributed by atoms with Gasteiger partial charge in [0.1, 0.15) is 17.6 Å². The molecule has 2 unspecified atom stereocenters. The van der Waals surface area contributed by atoms with Gasteiger partial charge in [-0.05, 0) is 42.2 Å². The molecule has 3 amide bonds. The third-order valence-electron chi connectivity index (χ3n) is 4.70. The first kappa shape index (κ1) is 23.9. The van der Waals surface area contributed by atoms with Crippen LogP contribution in [0.2, 0.25) is 0 Å². The van der Waals surface area contributed by atoms with Crippen molar-refractivity contribution < 1.29 is 23.5 Å². The number of carbonyl (C=O) groups is 3. The van der Waals surface area contributed by atoms with Crippen LogP contribution in [0.4, 0.5) is 4.39 Å². The second-order valence-electron chi connectivity index (χ2n) is 7.57. The molecule has 0 spiro atoms. The summed E-state index contributed by atoms with van der Waals surface area (Å²) in [6, 6.07) is 13.8. The maximum absolute atomic E-state index is 13.1. The molecule has 0 bridgehead atoms. The van der Waals surface area contributed by atoms with Gasteiger partial charge in [0.2, 0.25) is 11.8 Å². The van der Waals surface area contributed by atoms with Crippen LogP contribution in [0.15, 0.2) is 54.6 Å². The molecule has 8 heteroatoms. The molecule has 0 aliphatic rings. The number of nitrogens with one attached hydrogen (secondary N) is 2. The molecule has 7 nitrogen and oxygen atoms in total. The van der Waals surface area contributed by atoms with Gasteiger partial charge in [0.15, 0.2) is 6.61 Å². The largest absolute Gasteiger partial charge is 0.484 e. The van der Waals surface area contributed by atoms with Crippen molar-refractivity contribution in [1.82, 2.24) is 10.6 Å². The Bertz CT molecular complexity index is 872. The van der Waals surface area contributed by atoms with E-state index in [0.29, 0.717) is 5.75 Å². The third-order valence-corrected chi connectivity index (χ3v) is 4.70. The van der Waals surface area contributed by atoms with Crippen LogP contribution in [0, 0.1) is 17.7 Å². The van der Waals surface area contributed by atoms with Crippen molar-refractivity contribution in [2.24, 2.45) is 17.6 Å². The predicted octanol–water partition coefficient (Wildman–Crippen LogP) is 1.81. The minimum Gasteiger partial charge on any atom is -0.484 e. The van der Waals surface area contributed by atoms with Crippen LogP contribution in [0.25, 0.3) is 0 Å². The summed E-state index contributed by atoms with van der Waals surface area (Å²) in [5.74, 6) is -2.12. The van der Waals surface area contributed by atoms with E-state index in [1.54, 1.807) is 50.2 Å². The molecule has 31 heavy (non-hydrogen) atoms. The van der Waals surface area contributed by atoms with E-state index in [9.17, 15) is 18.8 Å². The van der Waals surface area contributed by atoms with Gasteiger partial charge in [0, 0.05) is 6.54 Å². The second-order valence-corrected chi connectivity index (χ2v) is 7.57. The van der Waals surface area contributed by atoms with Crippen LogP contribution in [0.3, 0.4) is 0 Å². The number of nitrogens with two attached hydrogens (primary N) is 1. The Balaban J connectivity index is 1.89. The molecule has 166 valence electrons. The molecule has 0 aliphatic carbocycles. The van der Waals surface area contributed by atoms with Crippen LogP contribution in [-0.4, -0.2) is 36.9 Å². The highest BCUT2D eigenvalue weighted by Crippen LogP contribution is 2.11. The Kier molecular flexibility index (Phi) is 8.99. The fourth-order valence-corrected chi connectivity index (χ4v) is 2.93. The first-order valence-corrected chi connectivity index (χ1v) is 10.0. The van der Waals surface area contributed by atoms with E-state index in [-0.39, 0.29) is 31.3 Å². The Hall–Kier alpha value is -3.42. The molecule has 2 atom stereocenters. The summed E-state index contributed by atoms with van der Waals surface area (Å²) in [5, 5.41) is 5.35. The molecule has 2 aromatic rings. The van der Waals surface area contributed by atoms with Crippen LogP contribution in [0.5, 0.6) is 5.75 Å². The fourth-order valence-electron chi connectivity index (χ4n) is 2.93. The smallest absolute Gasteiger partial charge is 0.258 e. The SMILES string of the molecule is CC(C)C(NC(=O)COc1ccccc1)C(=O)NCC(Cc1ccc(F)cc1)C(N)=O. The lowest BCUT2D eigenvalue weighted by Gasteiger charge is -2.23. The molecule has 0 aromatic heterocycles. The molecule has 2 rings (SSSR count). The second kappa shape index (κ2) is 11.7. The number of halogens is 1. The number of rotatable bonds is 11. The topological polar surface area (TPSA) is 111 Å². The summed E-state index contributed by atoms with van der Waals surface area (Å²) in [4.78, 5) is 36.7. The molecule has 0 saturated heterocycles. The molecule has 0 fully saturated rings. The summed E-state index contributed by atoms with van der Waals surface area (Å²) in [5.41, 5.74) is 6.19. The Morgan fingerprint density at radius 1 is 1.03 bits per heavy atom. The number of hydrogen-bond acceptors (Lipinski definition) is 4. The normalized spacial score (nSPS) is 12.6. The molecule has 4 N–H and O–H groups in total. The number of primary amides is 1. The molecule has 2 aromatic carbocycles. The van der Waals surface area contributed by atoms with Crippen molar-refractivity contribution in [3.8, 4) is 5.75 Å². The monoisotopic (exact) mass is 429 g/mol. The van der Waals surface area contributed by atoms with Crippen molar-refractivity contribution >= 4 is 17.7 Å². The highest BCUT2D eigenvalue weighted by Gasteiger charge is 2.26. The molecular formula is C23H28FN3O4. The number of benzene rings is 2. The summed E-state index contributed by atoms with van der Waals surface area (Å²) in [7, 11) is 0. The summed E-state index contributed by atoms with van der Waals surface area (Å²) < 4.78 is 18.5. The molecule has 0 aliphatic heterocycles. The van der Waals surface area contributed by atoms with Crippen LogP contribution in [0.1, 0.15) is 19.4 Å². The van der Waals surface area contributed by atoms with E-state index in [2.05, 4.69) is 10.6 Å². The summed E-state index contributed by atoms with van der Waals surface area (Å²) >= 11 is 0. The highest BCUT2D eigenvalue weighted by atomic mass is 19.1. The quantitative estimate of drug-likeness (QED) is 0.506. The average Bonchev–Trinajstić information content (AvgIpc) is 2.75. The first-order valence-electron chi connectivity index (χ1n) is 10.0. The van der Waals surface area contributed by atoms with Gasteiger partial charge in [-0.15, -0.1) is 0 Å². The van der Waals surface area contributed by atoms with Crippen molar-refractivity contribution in [2.75, 3.05) is 13.2 Å². The number of carbonyl (C=O) groups excluding carboxylic acids is 3. The van der Waals surface area contributed by atoms with Crippen molar-refractivity contribution in [3.05, 3.63) is 66.0 Å². The van der Waals surface area contributed by atoms with Gasteiger partial charge in [-0.3, -0.25) is 14.4 Å². The van der Waals surface area contributed by atoms with Gasteiger partial charge in [0.25, 0.3) is 5.91 Å². The zero-order valence-electron chi connectivity index (χ0n) is 17.6. The highest BCUT2D eigenvalue weighted by molar-refractivity contribution is 5.88. The standard InChI is InChI=1S/C23H28FN3O4/c1-15(2)21(27-20(28)14-31-19-6-4-3-5-7-19)23(30)26-13-17(22(25)29)12-16-8-10-18(24)11-9-16/h3-11,15,17,21H,12-14H2,1-2H3,(H2,25,29)(H,26,30)(H,27,28). The minimum atomic E-state index is -0.800. The van der Waals surface area contributed by atoms with Gasteiger partial charge in [-0.25, -0.2) is 4.39 Å². The van der Waals surface area contributed by atoms with E-state index in [4.69, 9.17) is 10.5 Å². The van der Waals surface area contributed by atoms with Gasteiger partial charge >= 0.3 is 0 Å². The Morgan fingerprint density at radius 2 is 1.68 bits per heavy atom. The van der Waals surface area contributed by atoms with Gasteiger partial charge in [-0.1, -0.05) is 44.2 Å². The number of ether oxygens (including phenoxy) is 1. The van der Waals surface area contributed by atoms with Gasteiger partial charge in [0.05, 0.1) is 5.92 Å². The third kappa shape index (κ3) is 8.08. The molecular weight excluding hydrogens is 401 g/mol. The Labute approximate surface area is 181 Å². The fraction of sp³-hybridized carbons (Fsp3) is 0.348. The van der Waals surface area contributed by atoms with E-state index < -0.39 is 29.7 Å². The van der Waals surface area contributed by atoms with E-state index in [1.807, 2.05) is 6.07 Å². The maximum Gasteiger partial charge on any atom is 0.258 e. The number of para-hydroxylation sites is 1. The minimum absolute atomic E-state index is 0.00511. The zero-order chi connectivity index (χ0) is 22.8. The molecule has 0 heterocycles. The van der Waals surface area contributed by atoms with Crippen LogP contribution < -0.4 is 21.1 Å². The lowest BCUT2D eigenvalue weighted by molar-refractivity contribution is -0.131. The van der Waals surface area contributed by atoms with Crippen molar-refractivity contribution in [1.29, 1.82) is 0 Å². The molecule has 0 radical (unpaired) electrons. The van der Waals surface area contributed by atoms with Gasteiger partial charge < -0.3 is 21.1 Å². The van der Waals surface area contributed by atoms with Crippen molar-refractivity contribution in [2.45, 2.75) is 26.3 Å². The summed E-state index contributed by atoms with van der Waals surface area (Å²) in [6.45, 7) is 3.37. The lowest BCUT2D eigenvalue weighted by atomic mass is 9.98. The zero-order valence-corrected chi connectivity index (χ0v) is 17.6. The first-order chi connectivity index (χ1) is 14.8. The predicted molar refractivity (Wildman–Crippen MR) is 115 cm³/mol. The maximum atomic E-state index is 13.1. The van der Waals surface area contributed by atoms with E-state index in [0.717, 1.165) is 5.56 Å². The van der Waals surface area contributed by atoms with Gasteiger partial charge in [-0.2, -0.15) is 0 Å². The molecule has 0 saturated carbocycles. The van der Waals surface area contributed by atoms with Crippen LogP contribution >= 0.6 is 0 Å². The lowest BCUT2D eigenvalue weighted by Crippen LogP contribution is -2.52. The summed E-state index contributed by atoms with van der Waals surface area (Å²) in [6.07, 6.45) is 0.263. The Morgan fingerprint density at radius 3 is 2.26 bits per heavy atom. The van der Waals surface area contributed by atoms with Crippen molar-refractivity contribution in [3.63, 3.8) is 0 Å².